The van der Waals surface area contributed by atoms with Crippen LogP contribution in [-0.2, 0) is 32.1 Å². The first-order valence-corrected chi connectivity index (χ1v) is 16.1. The maximum Gasteiger partial charge on any atom is 0.290 e. The third kappa shape index (κ3) is 7.73. The van der Waals surface area contributed by atoms with Crippen LogP contribution in [0.15, 0.2) is 36.4 Å². The Morgan fingerprint density at radius 1 is 1.00 bits per heavy atom. The average molecular weight is 653 g/mol. The second-order valence-corrected chi connectivity index (χ2v) is 12.2. The van der Waals surface area contributed by atoms with Gasteiger partial charge in [-0.3, -0.25) is 24.1 Å². The summed E-state index contributed by atoms with van der Waals surface area (Å²) in [7, 11) is 3.13. The molecule has 3 amide bonds. The van der Waals surface area contributed by atoms with E-state index in [0.29, 0.717) is 55.5 Å². The summed E-state index contributed by atoms with van der Waals surface area (Å²) < 4.78 is 23.5. The Morgan fingerprint density at radius 2 is 1.74 bits per heavy atom. The minimum atomic E-state index is -0.447. The highest BCUT2D eigenvalue weighted by molar-refractivity contribution is 5.87. The van der Waals surface area contributed by atoms with Crippen molar-refractivity contribution in [3.8, 4) is 23.0 Å². The summed E-state index contributed by atoms with van der Waals surface area (Å²) in [6, 6.07) is 10.6. The Hall–Kier alpha value is -4.52. The minimum absolute atomic E-state index is 0.0926. The second kappa shape index (κ2) is 15.4. The van der Waals surface area contributed by atoms with Gasteiger partial charge < -0.3 is 39.6 Å². The molecule has 13 heteroatoms. The van der Waals surface area contributed by atoms with Crippen LogP contribution in [0.5, 0.6) is 23.0 Å². The molecule has 7 rings (SSSR count). The molecule has 5 aliphatic rings. The average Bonchev–Trinajstić information content (AvgIpc) is 3.68. The van der Waals surface area contributed by atoms with Gasteiger partial charge in [-0.05, 0) is 75.0 Å². The van der Waals surface area contributed by atoms with Gasteiger partial charge in [-0.25, -0.2) is 0 Å². The molecule has 0 aromatic heterocycles. The van der Waals surface area contributed by atoms with Gasteiger partial charge in [-0.2, -0.15) is 0 Å². The molecule has 2 aromatic carbocycles. The summed E-state index contributed by atoms with van der Waals surface area (Å²) >= 11 is 0. The molecule has 2 aromatic rings. The van der Waals surface area contributed by atoms with E-state index in [4.69, 9.17) is 28.8 Å². The fourth-order valence-corrected chi connectivity index (χ4v) is 7.18. The zero-order chi connectivity index (χ0) is 33.4. The van der Waals surface area contributed by atoms with Crippen LogP contribution in [0.1, 0.15) is 49.7 Å². The molecule has 0 radical (unpaired) electrons. The number of piperidine rings is 1. The molecular formula is C34H44N4O9. The van der Waals surface area contributed by atoms with Crippen LogP contribution >= 0.6 is 0 Å². The van der Waals surface area contributed by atoms with Crippen LogP contribution in [0.3, 0.4) is 0 Å². The van der Waals surface area contributed by atoms with E-state index in [0.717, 1.165) is 49.9 Å². The van der Waals surface area contributed by atoms with Crippen LogP contribution in [0.25, 0.3) is 0 Å². The topological polar surface area (TPSA) is 156 Å². The molecular weight excluding hydrogens is 608 g/mol. The zero-order valence-electron chi connectivity index (χ0n) is 27.0. The van der Waals surface area contributed by atoms with E-state index in [9.17, 15) is 14.4 Å². The van der Waals surface area contributed by atoms with Gasteiger partial charge in [0, 0.05) is 44.1 Å². The summed E-state index contributed by atoms with van der Waals surface area (Å²) in [6.45, 7) is 2.66. The number of aryl methyl sites for hydroxylation is 1. The van der Waals surface area contributed by atoms with Crippen molar-refractivity contribution in [3.05, 3.63) is 47.5 Å². The highest BCUT2D eigenvalue weighted by Gasteiger charge is 2.52. The van der Waals surface area contributed by atoms with Crippen molar-refractivity contribution in [1.29, 1.82) is 0 Å². The van der Waals surface area contributed by atoms with Gasteiger partial charge in [-0.15, -0.1) is 0 Å². The predicted octanol–water partition coefficient (Wildman–Crippen LogP) is 2.14. The van der Waals surface area contributed by atoms with Crippen LogP contribution in [0, 0.1) is 0 Å². The maximum atomic E-state index is 14.0. The van der Waals surface area contributed by atoms with E-state index in [1.165, 1.54) is 0 Å². The quantitative estimate of drug-likeness (QED) is 0.420. The number of hydrogen-bond donors (Lipinski definition) is 3. The van der Waals surface area contributed by atoms with E-state index in [-0.39, 0.29) is 43.3 Å². The maximum absolute atomic E-state index is 14.0. The third-order valence-corrected chi connectivity index (χ3v) is 9.47. The normalized spacial score (nSPS) is 22.6. The van der Waals surface area contributed by atoms with Gasteiger partial charge in [0.25, 0.3) is 12.4 Å². The molecule has 47 heavy (non-hydrogen) atoms. The monoisotopic (exact) mass is 652 g/mol. The van der Waals surface area contributed by atoms with E-state index >= 15 is 0 Å². The van der Waals surface area contributed by atoms with Gasteiger partial charge in [0.2, 0.25) is 11.8 Å². The number of nitrogens with one attached hydrogen (secondary N) is 2. The number of fused-ring (bicyclic) bond motifs is 10. The number of methoxy groups -OCH3 is 2. The molecule has 4 bridgehead atoms. The number of carbonyl (C=O) groups is 4. The molecule has 0 spiro atoms. The van der Waals surface area contributed by atoms with Crippen molar-refractivity contribution in [2.45, 2.75) is 69.2 Å². The van der Waals surface area contributed by atoms with E-state index in [1.54, 1.807) is 32.4 Å². The number of nitrogens with zero attached hydrogens (tertiary/aromatic N) is 2. The lowest BCUT2D eigenvalue weighted by Crippen LogP contribution is -2.62. The van der Waals surface area contributed by atoms with Gasteiger partial charge in [0.15, 0.2) is 18.1 Å². The van der Waals surface area contributed by atoms with E-state index in [2.05, 4.69) is 15.5 Å². The van der Waals surface area contributed by atoms with Gasteiger partial charge in [-0.1, -0.05) is 6.07 Å². The molecule has 254 valence electrons. The number of amides is 3. The number of ether oxygens (including phenoxy) is 4. The van der Waals surface area contributed by atoms with Gasteiger partial charge >= 0.3 is 0 Å². The molecule has 0 unspecified atom stereocenters. The summed E-state index contributed by atoms with van der Waals surface area (Å²) in [5.41, 5.74) is 1.31. The summed E-state index contributed by atoms with van der Waals surface area (Å²) in [6.07, 6.45) is 4.82. The molecule has 0 aliphatic carbocycles. The standard InChI is InChI=1S/C33H42N4O7.CH2O2/c1-41-27-9-5-22-6-10-30(38)34-19-23-7-8-24(18-28(23)42-2)44-26-11-16-36(20-25(26)35-31(39)21-43-29(27)17-22)32(40)33-12-3-14-37(33)15-4-13-33;2-1-3/h5,7-9,17-18,25-26H,3-4,6,10-16,19-21H2,1-2H3,(H,34,38)(H,35,39);1H,(H,2,3)/t25-,26+;/m1./s1. The van der Waals surface area contributed by atoms with Crippen molar-refractivity contribution >= 4 is 24.2 Å². The zero-order valence-corrected chi connectivity index (χ0v) is 27.0. The molecule has 3 N–H and O–H groups in total. The lowest BCUT2D eigenvalue weighted by molar-refractivity contribution is -0.145. The van der Waals surface area contributed by atoms with Crippen molar-refractivity contribution in [2.24, 2.45) is 0 Å². The number of rotatable bonds is 3. The SMILES string of the molecule is COc1cc2ccc1CNC(=O)CCc1ccc(OC)c(c1)OCC(=O)N[C@@H]1CN(C(=O)C34CCCN3CCC4)CC[C@@H]1O2.O=CO. The smallest absolute Gasteiger partial charge is 0.290 e. The van der Waals surface area contributed by atoms with Crippen molar-refractivity contribution in [3.63, 3.8) is 0 Å². The fraction of sp³-hybridized carbons (Fsp3) is 0.529. The Morgan fingerprint density at radius 3 is 2.47 bits per heavy atom. The molecule has 2 atom stereocenters. The third-order valence-electron chi connectivity index (χ3n) is 9.47. The van der Waals surface area contributed by atoms with E-state index in [1.807, 2.05) is 23.1 Å². The number of benzene rings is 2. The summed E-state index contributed by atoms with van der Waals surface area (Å²) in [5.74, 6) is 1.87. The Kier molecular flexibility index (Phi) is 11.1. The number of carboxylic acid groups (broad SMARTS) is 1. The summed E-state index contributed by atoms with van der Waals surface area (Å²) in [4.78, 5) is 52.6. The lowest BCUT2D eigenvalue weighted by atomic mass is 9.90. The molecule has 13 nitrogen and oxygen atoms in total. The number of likely N-dealkylation sites (tertiary alicyclic amines) is 1. The van der Waals surface area contributed by atoms with Crippen molar-refractivity contribution in [1.82, 2.24) is 20.4 Å². The van der Waals surface area contributed by atoms with Crippen molar-refractivity contribution < 1.29 is 43.2 Å². The Bertz CT molecular complexity index is 1440. The highest BCUT2D eigenvalue weighted by atomic mass is 16.5. The Balaban J connectivity index is 0.00000139. The number of hydrogen-bond acceptors (Lipinski definition) is 9. The van der Waals surface area contributed by atoms with Crippen LogP contribution < -0.4 is 29.6 Å². The number of carbonyl (C=O) groups excluding carboxylic acids is 3. The van der Waals surface area contributed by atoms with Crippen LogP contribution in [0.2, 0.25) is 0 Å². The predicted molar refractivity (Wildman–Crippen MR) is 171 cm³/mol. The molecule has 0 saturated carbocycles. The summed E-state index contributed by atoms with van der Waals surface area (Å²) in [5, 5.41) is 13.0. The highest BCUT2D eigenvalue weighted by Crippen LogP contribution is 2.41. The molecule has 3 saturated heterocycles. The van der Waals surface area contributed by atoms with Gasteiger partial charge in [0.05, 0.1) is 20.3 Å². The first-order chi connectivity index (χ1) is 22.8. The minimum Gasteiger partial charge on any atom is -0.496 e. The largest absolute Gasteiger partial charge is 0.496 e. The van der Waals surface area contributed by atoms with Gasteiger partial charge in [0.1, 0.15) is 23.1 Å². The molecule has 5 heterocycles. The molecule has 5 aliphatic heterocycles. The Labute approximate surface area is 274 Å². The van der Waals surface area contributed by atoms with Crippen molar-refractivity contribution in [2.75, 3.05) is 47.0 Å². The first kappa shape index (κ1) is 33.8. The first-order valence-electron chi connectivity index (χ1n) is 16.1. The molecule has 3 fully saturated rings. The lowest BCUT2D eigenvalue weighted by Gasteiger charge is -2.43. The fourth-order valence-electron chi connectivity index (χ4n) is 7.18. The second-order valence-electron chi connectivity index (χ2n) is 12.2. The van der Waals surface area contributed by atoms with Crippen LogP contribution in [-0.4, -0.2) is 104 Å². The van der Waals surface area contributed by atoms with E-state index < -0.39 is 11.6 Å². The van der Waals surface area contributed by atoms with Crippen LogP contribution in [0.4, 0.5) is 0 Å².